The van der Waals surface area contributed by atoms with E-state index in [2.05, 4.69) is 38.8 Å². The molecule has 0 aliphatic carbocycles. The van der Waals surface area contributed by atoms with Crippen LogP contribution in [0, 0.1) is 6.07 Å². The van der Waals surface area contributed by atoms with Gasteiger partial charge in [0.2, 0.25) is 0 Å². The first kappa shape index (κ1) is 9.48. The number of H-pyrrole nitrogens is 1. The summed E-state index contributed by atoms with van der Waals surface area (Å²) in [4.78, 5) is 7.76. The maximum Gasteiger partial charge on any atom is 0.139 e. The van der Waals surface area contributed by atoms with Crippen LogP contribution in [0.25, 0.3) is 27.8 Å². The van der Waals surface area contributed by atoms with Crippen LogP contribution < -0.4 is 0 Å². The number of pyridine rings is 1. The number of aromatic nitrogens is 3. The highest BCUT2D eigenvalue weighted by atomic mass is 15.1. The second-order valence-electron chi connectivity index (χ2n) is 4.26. The van der Waals surface area contributed by atoms with Crippen molar-refractivity contribution in [2.75, 3.05) is 0 Å². The van der Waals surface area contributed by atoms with Crippen LogP contribution in [-0.2, 0) is 0 Å². The minimum Gasteiger partial charge on any atom is -0.346 e. The first-order valence-electron chi connectivity index (χ1n) is 5.83. The molecule has 3 aromatic heterocycles. The van der Waals surface area contributed by atoms with Gasteiger partial charge in [-0.2, -0.15) is 0 Å². The van der Waals surface area contributed by atoms with E-state index in [4.69, 9.17) is 0 Å². The lowest BCUT2D eigenvalue weighted by Crippen LogP contribution is -1.95. The molecule has 0 fully saturated rings. The van der Waals surface area contributed by atoms with Crippen molar-refractivity contribution >= 4 is 21.9 Å². The molecule has 18 heavy (non-hydrogen) atoms. The Morgan fingerprint density at radius 2 is 2.06 bits per heavy atom. The van der Waals surface area contributed by atoms with E-state index in [1.165, 1.54) is 5.39 Å². The highest BCUT2D eigenvalue weighted by molar-refractivity contribution is 5.82. The fourth-order valence-corrected chi connectivity index (χ4v) is 2.28. The van der Waals surface area contributed by atoms with E-state index in [0.29, 0.717) is 0 Å². The number of nitrogens with zero attached hydrogens (tertiary/aromatic N) is 2. The molecule has 1 N–H and O–H groups in total. The van der Waals surface area contributed by atoms with Crippen molar-refractivity contribution in [3.8, 4) is 5.82 Å². The predicted molar refractivity (Wildman–Crippen MR) is 71.8 cm³/mol. The fourth-order valence-electron chi connectivity index (χ4n) is 2.28. The van der Waals surface area contributed by atoms with Gasteiger partial charge in [0.1, 0.15) is 11.5 Å². The molecule has 0 saturated carbocycles. The van der Waals surface area contributed by atoms with Gasteiger partial charge in [0, 0.05) is 23.2 Å². The first-order chi connectivity index (χ1) is 8.92. The number of fused-ring (bicyclic) bond motifs is 2. The molecule has 0 aliphatic rings. The molecule has 0 saturated heterocycles. The van der Waals surface area contributed by atoms with Gasteiger partial charge in [-0.1, -0.05) is 6.07 Å². The van der Waals surface area contributed by atoms with Crippen molar-refractivity contribution in [2.24, 2.45) is 0 Å². The molecule has 0 atom stereocenters. The predicted octanol–water partition coefficient (Wildman–Crippen LogP) is 3.31. The lowest BCUT2D eigenvalue weighted by molar-refractivity contribution is 1.06. The lowest BCUT2D eigenvalue weighted by Gasteiger charge is -2.04. The summed E-state index contributed by atoms with van der Waals surface area (Å²) in [6.07, 6.45) is 3.94. The Kier molecular flexibility index (Phi) is 1.83. The highest BCUT2D eigenvalue weighted by Gasteiger charge is 2.04. The third-order valence-electron chi connectivity index (χ3n) is 3.18. The summed E-state index contributed by atoms with van der Waals surface area (Å²) in [5.74, 6) is 0.922. The van der Waals surface area contributed by atoms with Crippen molar-refractivity contribution < 1.29 is 0 Å². The van der Waals surface area contributed by atoms with Gasteiger partial charge in [-0.3, -0.25) is 0 Å². The summed E-state index contributed by atoms with van der Waals surface area (Å²) < 4.78 is 2.09. The summed E-state index contributed by atoms with van der Waals surface area (Å²) in [6, 6.07) is 17.3. The van der Waals surface area contributed by atoms with Gasteiger partial charge >= 0.3 is 0 Å². The van der Waals surface area contributed by atoms with Crippen molar-refractivity contribution in [1.29, 1.82) is 0 Å². The number of benzene rings is 1. The molecular weight excluding hydrogens is 222 g/mol. The zero-order chi connectivity index (χ0) is 11.9. The van der Waals surface area contributed by atoms with Gasteiger partial charge in [-0.15, -0.1) is 0 Å². The summed E-state index contributed by atoms with van der Waals surface area (Å²) >= 11 is 0. The largest absolute Gasteiger partial charge is 0.346 e. The third kappa shape index (κ3) is 1.27. The van der Waals surface area contributed by atoms with Gasteiger partial charge in [0.15, 0.2) is 0 Å². The number of nitrogens with one attached hydrogen (secondary N) is 1. The van der Waals surface area contributed by atoms with E-state index in [9.17, 15) is 0 Å². The molecule has 3 heterocycles. The molecule has 0 amide bonds. The van der Waals surface area contributed by atoms with E-state index in [-0.39, 0.29) is 0 Å². The van der Waals surface area contributed by atoms with Crippen LogP contribution in [0.3, 0.4) is 0 Å². The molecule has 85 valence electrons. The number of aromatic amines is 1. The van der Waals surface area contributed by atoms with Gasteiger partial charge in [0.25, 0.3) is 0 Å². The van der Waals surface area contributed by atoms with Crippen molar-refractivity contribution in [2.45, 2.75) is 0 Å². The van der Waals surface area contributed by atoms with Crippen LogP contribution in [0.1, 0.15) is 0 Å². The Bertz CT molecular complexity index is 839. The quantitative estimate of drug-likeness (QED) is 0.536. The molecule has 1 aromatic carbocycles. The molecule has 3 nitrogen and oxygen atoms in total. The summed E-state index contributed by atoms with van der Waals surface area (Å²) in [7, 11) is 0. The van der Waals surface area contributed by atoms with E-state index in [1.807, 2.05) is 36.7 Å². The Hall–Kier alpha value is -2.55. The van der Waals surface area contributed by atoms with E-state index < -0.39 is 0 Å². The van der Waals surface area contributed by atoms with Gasteiger partial charge in [0.05, 0.1) is 5.52 Å². The molecule has 4 rings (SSSR count). The van der Waals surface area contributed by atoms with Gasteiger partial charge in [-0.05, 0) is 42.5 Å². The molecule has 4 aromatic rings. The Balaban J connectivity index is 2.00. The van der Waals surface area contributed by atoms with Crippen LogP contribution in [0.5, 0.6) is 0 Å². The van der Waals surface area contributed by atoms with Crippen molar-refractivity contribution in [3.05, 3.63) is 60.9 Å². The minimum atomic E-state index is 0.914. The molecule has 0 spiro atoms. The van der Waals surface area contributed by atoms with Crippen molar-refractivity contribution in [3.63, 3.8) is 0 Å². The summed E-state index contributed by atoms with van der Waals surface area (Å²) in [5.41, 5.74) is 2.06. The van der Waals surface area contributed by atoms with Crippen LogP contribution in [0.2, 0.25) is 0 Å². The molecule has 0 unspecified atom stereocenters. The maximum atomic E-state index is 4.63. The van der Waals surface area contributed by atoms with Crippen molar-refractivity contribution in [1.82, 2.24) is 14.5 Å². The maximum absolute atomic E-state index is 4.63. The first-order valence-corrected chi connectivity index (χ1v) is 5.83. The molecule has 0 bridgehead atoms. The average Bonchev–Trinajstić information content (AvgIpc) is 3.04. The summed E-state index contributed by atoms with van der Waals surface area (Å²) in [5, 5.41) is 2.30. The average molecular weight is 232 g/mol. The minimum absolute atomic E-state index is 0.914. The zero-order valence-corrected chi connectivity index (χ0v) is 9.59. The van der Waals surface area contributed by atoms with Crippen LogP contribution in [0.15, 0.2) is 54.9 Å². The molecule has 1 radical (unpaired) electrons. The third-order valence-corrected chi connectivity index (χ3v) is 3.18. The fraction of sp³-hybridized carbons (Fsp3) is 0. The van der Waals surface area contributed by atoms with Crippen LogP contribution in [-0.4, -0.2) is 14.5 Å². The number of rotatable bonds is 1. The normalized spacial score (nSPS) is 11.3. The Morgan fingerprint density at radius 1 is 1.06 bits per heavy atom. The zero-order valence-electron chi connectivity index (χ0n) is 9.59. The van der Waals surface area contributed by atoms with Crippen LogP contribution in [0.4, 0.5) is 0 Å². The smallest absolute Gasteiger partial charge is 0.139 e. The number of hydrogen-bond donors (Lipinski definition) is 1. The molecule has 3 heteroatoms. The van der Waals surface area contributed by atoms with Crippen LogP contribution >= 0.6 is 0 Å². The Morgan fingerprint density at radius 3 is 3.06 bits per heavy atom. The molecule has 0 aliphatic heterocycles. The second-order valence-corrected chi connectivity index (χ2v) is 4.26. The van der Waals surface area contributed by atoms with Gasteiger partial charge < -0.3 is 9.55 Å². The monoisotopic (exact) mass is 232 g/mol. The standard InChI is InChI=1S/C15H10N3/c1-2-4-13-11(3-1)8-10-18(13)14-6-5-12-7-9-16-15(12)17-14/h2-10H,(H,16,17). The van der Waals surface area contributed by atoms with Gasteiger partial charge in [-0.25, -0.2) is 4.98 Å². The second kappa shape index (κ2) is 3.47. The van der Waals surface area contributed by atoms with E-state index in [0.717, 1.165) is 22.4 Å². The van der Waals surface area contributed by atoms with E-state index >= 15 is 0 Å². The number of hydrogen-bond acceptors (Lipinski definition) is 1. The SMILES string of the molecule is [c]1ccc2c(c1)ccn2-c1ccc2cc[nH]c2n1. The van der Waals surface area contributed by atoms with E-state index in [1.54, 1.807) is 0 Å². The Labute approximate surface area is 104 Å². The molecular formula is C15H10N3. The topological polar surface area (TPSA) is 33.6 Å². The highest BCUT2D eigenvalue weighted by Crippen LogP contribution is 2.20. The lowest BCUT2D eigenvalue weighted by atomic mass is 10.2. The summed E-state index contributed by atoms with van der Waals surface area (Å²) in [6.45, 7) is 0.